The number of fused-ring (bicyclic) bond motifs is 2. The number of halogens is 1. The van der Waals surface area contributed by atoms with Gasteiger partial charge in [0.25, 0.3) is 0 Å². The summed E-state index contributed by atoms with van der Waals surface area (Å²) in [4.78, 5) is 13.9. The van der Waals surface area contributed by atoms with Crippen molar-refractivity contribution in [3.63, 3.8) is 0 Å². The quantitative estimate of drug-likeness (QED) is 0.257. The molecule has 0 saturated heterocycles. The third-order valence-corrected chi connectivity index (χ3v) is 6.47. The molecular weight excluding hydrogens is 465 g/mol. The third-order valence-electron chi connectivity index (χ3n) is 6.47. The number of nitrogens with one attached hydrogen (secondary N) is 3. The Kier molecular flexibility index (Phi) is 5.86. The largest absolute Gasteiger partial charge is 0.384 e. The lowest BCUT2D eigenvalue weighted by atomic mass is 10.0. The summed E-state index contributed by atoms with van der Waals surface area (Å²) in [5, 5.41) is 13.1. The zero-order valence-corrected chi connectivity index (χ0v) is 20.6. The number of hydrogen-bond acceptors (Lipinski definition) is 5. The van der Waals surface area contributed by atoms with Crippen molar-refractivity contribution in [3.05, 3.63) is 85.2 Å². The number of aromatic amines is 2. The highest BCUT2D eigenvalue weighted by atomic mass is 19.1. The van der Waals surface area contributed by atoms with E-state index in [0.717, 1.165) is 74.2 Å². The number of hydrogen-bond donors (Lipinski definition) is 3. The van der Waals surface area contributed by atoms with Gasteiger partial charge >= 0.3 is 0 Å². The van der Waals surface area contributed by atoms with Crippen LogP contribution in [0.25, 0.3) is 55.4 Å². The highest BCUT2D eigenvalue weighted by Gasteiger charge is 2.15. The lowest BCUT2D eigenvalue weighted by Gasteiger charge is -2.13. The van der Waals surface area contributed by atoms with Gasteiger partial charge in [-0.2, -0.15) is 5.10 Å². The van der Waals surface area contributed by atoms with Crippen LogP contribution in [0.15, 0.2) is 79.4 Å². The van der Waals surface area contributed by atoms with Crippen molar-refractivity contribution in [1.29, 1.82) is 0 Å². The van der Waals surface area contributed by atoms with Crippen molar-refractivity contribution in [3.8, 4) is 33.6 Å². The number of nitrogens with zero attached hydrogens (tertiary/aromatic N) is 4. The van der Waals surface area contributed by atoms with Gasteiger partial charge in [-0.05, 0) is 73.3 Å². The predicted molar refractivity (Wildman–Crippen MR) is 147 cm³/mol. The van der Waals surface area contributed by atoms with Gasteiger partial charge < -0.3 is 15.2 Å². The number of H-pyrrole nitrogens is 2. The Morgan fingerprint density at radius 3 is 2.57 bits per heavy atom. The lowest BCUT2D eigenvalue weighted by Crippen LogP contribution is -2.20. The minimum absolute atomic E-state index is 0.270. The lowest BCUT2D eigenvalue weighted by molar-refractivity contribution is 0.425. The molecule has 0 saturated carbocycles. The molecule has 0 unspecified atom stereocenters. The Morgan fingerprint density at radius 1 is 0.865 bits per heavy atom. The van der Waals surface area contributed by atoms with E-state index in [1.54, 1.807) is 18.5 Å². The normalized spacial score (nSPS) is 11.6. The van der Waals surface area contributed by atoms with E-state index in [1.165, 1.54) is 12.4 Å². The monoisotopic (exact) mass is 491 g/mol. The van der Waals surface area contributed by atoms with E-state index in [9.17, 15) is 4.39 Å². The summed E-state index contributed by atoms with van der Waals surface area (Å²) in [6.45, 7) is 1.59. The number of likely N-dealkylation sites (N-methyl/N-ethyl adjacent to an activating group) is 1. The van der Waals surface area contributed by atoms with Crippen LogP contribution >= 0.6 is 0 Å². The molecule has 3 heterocycles. The molecule has 6 aromatic rings. The van der Waals surface area contributed by atoms with Gasteiger partial charge in [-0.15, -0.1) is 0 Å². The minimum atomic E-state index is -0.270. The van der Waals surface area contributed by atoms with Crippen LogP contribution in [0.1, 0.15) is 0 Å². The van der Waals surface area contributed by atoms with Crippen LogP contribution in [0.5, 0.6) is 0 Å². The summed E-state index contributed by atoms with van der Waals surface area (Å²) in [5.41, 5.74) is 8.10. The molecule has 0 amide bonds. The van der Waals surface area contributed by atoms with Crippen LogP contribution < -0.4 is 5.32 Å². The number of anilines is 1. The van der Waals surface area contributed by atoms with Crippen LogP contribution in [0.3, 0.4) is 0 Å². The van der Waals surface area contributed by atoms with Crippen molar-refractivity contribution in [2.75, 3.05) is 32.5 Å². The van der Waals surface area contributed by atoms with Crippen LogP contribution in [-0.2, 0) is 0 Å². The number of aromatic nitrogens is 5. The second kappa shape index (κ2) is 9.48. The Labute approximate surface area is 213 Å². The Morgan fingerprint density at radius 2 is 1.73 bits per heavy atom. The highest BCUT2D eigenvalue weighted by Crippen LogP contribution is 2.36. The van der Waals surface area contributed by atoms with E-state index in [1.807, 2.05) is 50.5 Å². The maximum absolute atomic E-state index is 14.6. The average molecular weight is 492 g/mol. The molecule has 0 fully saturated rings. The molecule has 0 spiro atoms. The topological polar surface area (TPSA) is 85.5 Å². The first-order valence-electron chi connectivity index (χ1n) is 12.1. The average Bonchev–Trinajstić information content (AvgIpc) is 3.52. The second-order valence-corrected chi connectivity index (χ2v) is 9.37. The van der Waals surface area contributed by atoms with Gasteiger partial charge in [0.05, 0.1) is 11.2 Å². The van der Waals surface area contributed by atoms with E-state index in [-0.39, 0.29) is 5.82 Å². The fourth-order valence-corrected chi connectivity index (χ4v) is 4.65. The molecule has 7 nitrogen and oxygen atoms in total. The maximum atomic E-state index is 14.6. The van der Waals surface area contributed by atoms with E-state index in [4.69, 9.17) is 0 Å². The van der Waals surface area contributed by atoms with Gasteiger partial charge in [0.1, 0.15) is 17.8 Å². The van der Waals surface area contributed by atoms with E-state index >= 15 is 0 Å². The first-order valence-corrected chi connectivity index (χ1v) is 12.1. The smallest absolute Gasteiger partial charge is 0.125 e. The van der Waals surface area contributed by atoms with Crippen molar-refractivity contribution in [1.82, 2.24) is 30.0 Å². The molecule has 0 bridgehead atoms. The molecule has 0 aliphatic carbocycles. The Balaban J connectivity index is 1.41. The van der Waals surface area contributed by atoms with Crippen molar-refractivity contribution >= 4 is 27.5 Å². The fraction of sp³-hybridized carbons (Fsp3) is 0.138. The third kappa shape index (κ3) is 4.54. The summed E-state index contributed by atoms with van der Waals surface area (Å²) >= 11 is 0. The van der Waals surface area contributed by atoms with E-state index < -0.39 is 0 Å². The molecule has 3 aromatic carbocycles. The molecule has 6 rings (SSSR count). The van der Waals surface area contributed by atoms with Gasteiger partial charge in [0.2, 0.25) is 0 Å². The van der Waals surface area contributed by atoms with Crippen molar-refractivity contribution < 1.29 is 4.39 Å². The zero-order chi connectivity index (χ0) is 25.4. The molecular formula is C29H26FN7. The molecule has 8 heteroatoms. The molecule has 0 aliphatic rings. The fourth-order valence-electron chi connectivity index (χ4n) is 4.65. The maximum Gasteiger partial charge on any atom is 0.125 e. The zero-order valence-electron chi connectivity index (χ0n) is 20.6. The first-order chi connectivity index (χ1) is 18.0. The molecule has 0 radical (unpaired) electrons. The molecule has 37 heavy (non-hydrogen) atoms. The van der Waals surface area contributed by atoms with Gasteiger partial charge in [-0.1, -0.05) is 18.2 Å². The summed E-state index contributed by atoms with van der Waals surface area (Å²) in [7, 11) is 4.03. The molecule has 3 aromatic heterocycles. The van der Waals surface area contributed by atoms with Gasteiger partial charge in [-0.3, -0.25) is 5.10 Å². The summed E-state index contributed by atoms with van der Waals surface area (Å²) in [5.74, 6) is -0.270. The van der Waals surface area contributed by atoms with Crippen molar-refractivity contribution in [2.24, 2.45) is 0 Å². The first kappa shape index (κ1) is 22.9. The number of rotatable bonds is 7. The van der Waals surface area contributed by atoms with Crippen LogP contribution in [0, 0.1) is 5.82 Å². The minimum Gasteiger partial charge on any atom is -0.384 e. The van der Waals surface area contributed by atoms with Crippen LogP contribution in [-0.4, -0.2) is 57.2 Å². The second-order valence-electron chi connectivity index (χ2n) is 9.37. The summed E-state index contributed by atoms with van der Waals surface area (Å²) < 4.78 is 14.6. The summed E-state index contributed by atoms with van der Waals surface area (Å²) in [6.07, 6.45) is 5.12. The Hall–Kier alpha value is -4.56. The SMILES string of the molecule is CN(C)CCNc1cc(F)cc(-c2cccc3[nH]c(-c4n[nH]c5ccc(-c6cncnc6)cc45)cc23)c1. The molecule has 0 atom stereocenters. The van der Waals surface area contributed by atoms with Gasteiger partial charge in [0.15, 0.2) is 0 Å². The highest BCUT2D eigenvalue weighted by molar-refractivity contribution is 6.02. The van der Waals surface area contributed by atoms with Crippen molar-refractivity contribution in [2.45, 2.75) is 0 Å². The standard InChI is InChI=1S/C29H26FN7/c1-37(2)9-8-33-22-11-19(10-21(30)13-22)23-4-3-5-26-24(23)14-28(34-26)29-25-12-18(6-7-27(25)35-36-29)20-15-31-17-32-16-20/h3-7,10-17,33-34H,8-9H2,1-2H3,(H,35,36). The van der Waals surface area contributed by atoms with Crippen LogP contribution in [0.2, 0.25) is 0 Å². The summed E-state index contributed by atoms with van der Waals surface area (Å²) in [6, 6.07) is 19.4. The Bertz CT molecular complexity index is 1700. The predicted octanol–water partition coefficient (Wildman–Crippen LogP) is 5.95. The van der Waals surface area contributed by atoms with Crippen LogP contribution in [0.4, 0.5) is 10.1 Å². The van der Waals surface area contributed by atoms with E-state index in [0.29, 0.717) is 0 Å². The van der Waals surface area contributed by atoms with Gasteiger partial charge in [0, 0.05) is 53.0 Å². The van der Waals surface area contributed by atoms with E-state index in [2.05, 4.69) is 47.5 Å². The molecule has 0 aliphatic heterocycles. The number of benzene rings is 3. The molecule has 3 N–H and O–H groups in total. The molecule has 184 valence electrons. The van der Waals surface area contributed by atoms with Gasteiger partial charge in [-0.25, -0.2) is 14.4 Å².